The Labute approximate surface area is 182 Å². The number of nitrogens with zero attached hydrogens (tertiary/aromatic N) is 1. The molecule has 1 N–H and O–H groups in total. The van der Waals surface area contributed by atoms with Crippen molar-refractivity contribution < 1.29 is 19.1 Å². The van der Waals surface area contributed by atoms with Crippen molar-refractivity contribution in [3.63, 3.8) is 0 Å². The highest BCUT2D eigenvalue weighted by atomic mass is 35.5. The maximum absolute atomic E-state index is 12.7. The van der Waals surface area contributed by atoms with E-state index in [2.05, 4.69) is 5.43 Å². The summed E-state index contributed by atoms with van der Waals surface area (Å²) in [5.41, 5.74) is 3.64. The zero-order valence-electron chi connectivity index (χ0n) is 15.6. The van der Waals surface area contributed by atoms with Crippen LogP contribution in [-0.4, -0.2) is 34.9 Å². The van der Waals surface area contributed by atoms with Gasteiger partial charge in [-0.2, -0.15) is 5.01 Å². The van der Waals surface area contributed by atoms with Crippen molar-refractivity contribution in [3.05, 3.63) is 63.5 Å². The Hall–Kier alpha value is -2.55. The van der Waals surface area contributed by atoms with Crippen LogP contribution >= 0.6 is 35.6 Å². The van der Waals surface area contributed by atoms with E-state index < -0.39 is 11.8 Å². The van der Waals surface area contributed by atoms with Gasteiger partial charge in [-0.25, -0.2) is 0 Å². The van der Waals surface area contributed by atoms with Gasteiger partial charge in [0, 0.05) is 10.6 Å². The molecule has 2 amide bonds. The van der Waals surface area contributed by atoms with E-state index in [1.54, 1.807) is 49.6 Å². The molecule has 0 unspecified atom stereocenters. The Balaban J connectivity index is 1.77. The highest BCUT2D eigenvalue weighted by Gasteiger charge is 2.33. The molecule has 6 nitrogen and oxygen atoms in total. The third-order valence-electron chi connectivity index (χ3n) is 3.90. The maximum Gasteiger partial charge on any atom is 0.285 e. The number of methoxy groups -OCH3 is 1. The molecule has 2 aromatic carbocycles. The molecule has 0 aromatic heterocycles. The molecule has 29 heavy (non-hydrogen) atoms. The number of ether oxygens (including phenoxy) is 2. The van der Waals surface area contributed by atoms with E-state index in [9.17, 15) is 9.59 Å². The summed E-state index contributed by atoms with van der Waals surface area (Å²) in [6.45, 7) is 2.40. The van der Waals surface area contributed by atoms with Crippen LogP contribution in [0.2, 0.25) is 5.02 Å². The molecule has 1 saturated heterocycles. The first-order chi connectivity index (χ1) is 13.9. The van der Waals surface area contributed by atoms with E-state index in [4.69, 9.17) is 33.3 Å². The molecule has 0 radical (unpaired) electrons. The lowest BCUT2D eigenvalue weighted by atomic mass is 10.2. The van der Waals surface area contributed by atoms with Crippen LogP contribution in [-0.2, 0) is 4.79 Å². The van der Waals surface area contributed by atoms with E-state index in [0.717, 1.165) is 22.3 Å². The second-order valence-corrected chi connectivity index (χ2v) is 7.92. The zero-order chi connectivity index (χ0) is 21.0. The molecular formula is C20H17ClN2O4S2. The minimum atomic E-state index is -0.457. The number of carbonyl (C=O) groups is 2. The van der Waals surface area contributed by atoms with Crippen molar-refractivity contribution in [1.82, 2.24) is 10.4 Å². The molecular weight excluding hydrogens is 432 g/mol. The fourth-order valence-corrected chi connectivity index (χ4v) is 3.84. The lowest BCUT2D eigenvalue weighted by Gasteiger charge is -2.15. The number of nitrogens with one attached hydrogen (secondary N) is 1. The van der Waals surface area contributed by atoms with E-state index >= 15 is 0 Å². The molecule has 0 atom stereocenters. The minimum Gasteiger partial charge on any atom is -0.493 e. The number of carbonyl (C=O) groups excluding carboxylic acids is 2. The Kier molecular flexibility index (Phi) is 6.79. The normalized spacial score (nSPS) is 15.0. The summed E-state index contributed by atoms with van der Waals surface area (Å²) in [4.78, 5) is 25.5. The number of benzene rings is 2. The van der Waals surface area contributed by atoms with Gasteiger partial charge in [0.05, 0.1) is 18.6 Å². The summed E-state index contributed by atoms with van der Waals surface area (Å²) in [7, 11) is 1.55. The number of rotatable bonds is 6. The topological polar surface area (TPSA) is 67.9 Å². The first-order valence-corrected chi connectivity index (χ1v) is 10.2. The first kappa shape index (κ1) is 21.2. The number of thiocarbonyl (C=S) groups is 1. The summed E-state index contributed by atoms with van der Waals surface area (Å²) >= 11 is 12.2. The smallest absolute Gasteiger partial charge is 0.285 e. The van der Waals surface area contributed by atoms with Crippen molar-refractivity contribution in [3.8, 4) is 11.5 Å². The molecule has 0 bridgehead atoms. The van der Waals surface area contributed by atoms with Gasteiger partial charge < -0.3 is 9.47 Å². The predicted molar refractivity (Wildman–Crippen MR) is 118 cm³/mol. The highest BCUT2D eigenvalue weighted by Crippen LogP contribution is 2.34. The molecule has 2 aromatic rings. The second-order valence-electron chi connectivity index (χ2n) is 5.81. The van der Waals surface area contributed by atoms with Gasteiger partial charge in [0.2, 0.25) is 0 Å². The average molecular weight is 449 g/mol. The van der Waals surface area contributed by atoms with Gasteiger partial charge in [-0.3, -0.25) is 15.0 Å². The molecule has 1 heterocycles. The number of hydrogen-bond acceptors (Lipinski definition) is 6. The molecule has 9 heteroatoms. The SMILES string of the molecule is CCOc1ccc(/C=C2/SC(=S)N(NC(=O)c3ccc(Cl)cc3)C2=O)cc1OC. The van der Waals surface area contributed by atoms with Crippen LogP contribution in [0.25, 0.3) is 6.08 Å². The van der Waals surface area contributed by atoms with Gasteiger partial charge >= 0.3 is 0 Å². The zero-order valence-corrected chi connectivity index (χ0v) is 18.0. The van der Waals surface area contributed by atoms with Crippen LogP contribution in [0.3, 0.4) is 0 Å². The number of hydrazine groups is 1. The second kappa shape index (κ2) is 9.30. The molecule has 0 aliphatic carbocycles. The van der Waals surface area contributed by atoms with E-state index in [-0.39, 0.29) is 4.32 Å². The van der Waals surface area contributed by atoms with E-state index in [1.807, 2.05) is 13.0 Å². The van der Waals surface area contributed by atoms with Crippen molar-refractivity contribution in [2.24, 2.45) is 0 Å². The number of thioether (sulfide) groups is 1. The Morgan fingerprint density at radius 3 is 2.62 bits per heavy atom. The van der Waals surface area contributed by atoms with Crippen LogP contribution < -0.4 is 14.9 Å². The molecule has 3 rings (SSSR count). The van der Waals surface area contributed by atoms with Gasteiger partial charge in [0.1, 0.15) is 0 Å². The van der Waals surface area contributed by atoms with Crippen molar-refractivity contribution in [2.75, 3.05) is 13.7 Å². The standard InChI is InChI=1S/C20H17ClN2O4S2/c1-3-27-15-9-4-12(10-16(15)26-2)11-17-19(25)23(20(28)29-17)22-18(24)13-5-7-14(21)8-6-13/h4-11H,3H2,1-2H3,(H,22,24)/b17-11+. The van der Waals surface area contributed by atoms with Gasteiger partial charge in [-0.15, -0.1) is 0 Å². The Morgan fingerprint density at radius 2 is 1.97 bits per heavy atom. The number of amides is 2. The fraction of sp³-hybridized carbons (Fsp3) is 0.150. The average Bonchev–Trinajstić information content (AvgIpc) is 2.97. The van der Waals surface area contributed by atoms with E-state index in [1.165, 1.54) is 0 Å². The van der Waals surface area contributed by atoms with Gasteiger partial charge in [0.15, 0.2) is 15.8 Å². The van der Waals surface area contributed by atoms with Crippen molar-refractivity contribution >= 4 is 57.8 Å². The molecule has 1 fully saturated rings. The lowest BCUT2D eigenvalue weighted by Crippen LogP contribution is -2.44. The Bertz CT molecular complexity index is 992. The Morgan fingerprint density at radius 1 is 1.24 bits per heavy atom. The summed E-state index contributed by atoms with van der Waals surface area (Å²) in [6, 6.07) is 11.7. The number of hydrogen-bond donors (Lipinski definition) is 1. The maximum atomic E-state index is 12.7. The first-order valence-electron chi connectivity index (χ1n) is 8.58. The summed E-state index contributed by atoms with van der Waals surface area (Å²) in [6.07, 6.45) is 1.69. The van der Waals surface area contributed by atoms with Gasteiger partial charge in [-0.05, 0) is 67.2 Å². The largest absolute Gasteiger partial charge is 0.493 e. The summed E-state index contributed by atoms with van der Waals surface area (Å²) in [5, 5.41) is 1.58. The molecule has 1 aliphatic rings. The van der Waals surface area contributed by atoms with Crippen molar-refractivity contribution in [2.45, 2.75) is 6.92 Å². The van der Waals surface area contributed by atoms with Crippen LogP contribution in [0.4, 0.5) is 0 Å². The number of halogens is 1. The molecule has 1 aliphatic heterocycles. The third-order valence-corrected chi connectivity index (χ3v) is 5.45. The minimum absolute atomic E-state index is 0.237. The van der Waals surface area contributed by atoms with Crippen LogP contribution in [0.1, 0.15) is 22.8 Å². The molecule has 0 saturated carbocycles. The van der Waals surface area contributed by atoms with Gasteiger partial charge in [0.25, 0.3) is 11.8 Å². The van der Waals surface area contributed by atoms with E-state index in [0.29, 0.717) is 33.6 Å². The summed E-state index contributed by atoms with van der Waals surface area (Å²) in [5.74, 6) is 0.319. The third kappa shape index (κ3) is 4.90. The fourth-order valence-electron chi connectivity index (χ4n) is 2.53. The van der Waals surface area contributed by atoms with Gasteiger partial charge in [-0.1, -0.05) is 29.4 Å². The molecule has 0 spiro atoms. The highest BCUT2D eigenvalue weighted by molar-refractivity contribution is 8.26. The monoisotopic (exact) mass is 448 g/mol. The van der Waals surface area contributed by atoms with Crippen molar-refractivity contribution in [1.29, 1.82) is 0 Å². The van der Waals surface area contributed by atoms with Crippen LogP contribution in [0.15, 0.2) is 47.4 Å². The molecule has 150 valence electrons. The lowest BCUT2D eigenvalue weighted by molar-refractivity contribution is -0.123. The van der Waals surface area contributed by atoms with Crippen LogP contribution in [0.5, 0.6) is 11.5 Å². The summed E-state index contributed by atoms with van der Waals surface area (Å²) < 4.78 is 11.1. The predicted octanol–water partition coefficient (Wildman–Crippen LogP) is 4.29. The quantitative estimate of drug-likeness (QED) is 0.525. The van der Waals surface area contributed by atoms with Crippen LogP contribution in [0, 0.1) is 0 Å².